The SMILES string of the molecule is Cc1ccc2c(c1)CCc1cccnc1C2=C1CCN(C(=O)Oc2ccc(Br)cc2)CC1. The number of aryl methyl sites for hydroxylation is 3. The minimum absolute atomic E-state index is 0.285. The van der Waals surface area contributed by atoms with Crippen LogP contribution in [0.2, 0.25) is 0 Å². The Bertz CT molecular complexity index is 1190. The maximum atomic E-state index is 12.7. The number of likely N-dealkylation sites (tertiary alicyclic amines) is 1. The first-order valence-corrected chi connectivity index (χ1v) is 11.9. The number of ether oxygens (including phenoxy) is 1. The lowest BCUT2D eigenvalue weighted by molar-refractivity contribution is 0.148. The summed E-state index contributed by atoms with van der Waals surface area (Å²) in [6.07, 6.45) is 5.29. The van der Waals surface area contributed by atoms with E-state index in [4.69, 9.17) is 9.72 Å². The third-order valence-electron chi connectivity index (χ3n) is 6.32. The number of piperidine rings is 1. The number of aromatic nitrogens is 1. The Morgan fingerprint density at radius 1 is 0.969 bits per heavy atom. The molecule has 1 amide bonds. The van der Waals surface area contributed by atoms with Crippen LogP contribution in [0, 0.1) is 6.92 Å². The average Bonchev–Trinajstić information content (AvgIpc) is 2.97. The number of hydrogen-bond donors (Lipinski definition) is 0. The summed E-state index contributed by atoms with van der Waals surface area (Å²) in [6, 6.07) is 18.3. The van der Waals surface area contributed by atoms with Crippen molar-refractivity contribution in [2.75, 3.05) is 13.1 Å². The normalized spacial score (nSPS) is 15.6. The molecule has 5 rings (SSSR count). The average molecular weight is 489 g/mol. The zero-order valence-electron chi connectivity index (χ0n) is 18.1. The smallest absolute Gasteiger partial charge is 0.410 e. The second-order valence-electron chi connectivity index (χ2n) is 8.46. The van der Waals surface area contributed by atoms with Crippen molar-refractivity contribution < 1.29 is 9.53 Å². The molecule has 0 bridgehead atoms. The number of rotatable bonds is 1. The highest BCUT2D eigenvalue weighted by Crippen LogP contribution is 2.38. The molecule has 3 aromatic rings. The Labute approximate surface area is 197 Å². The molecule has 0 atom stereocenters. The summed E-state index contributed by atoms with van der Waals surface area (Å²) in [5.41, 5.74) is 9.05. The van der Waals surface area contributed by atoms with Gasteiger partial charge in [0.25, 0.3) is 0 Å². The summed E-state index contributed by atoms with van der Waals surface area (Å²) in [5.74, 6) is 0.563. The molecule has 2 heterocycles. The Morgan fingerprint density at radius 3 is 2.50 bits per heavy atom. The maximum absolute atomic E-state index is 12.7. The predicted octanol–water partition coefficient (Wildman–Crippen LogP) is 6.35. The summed E-state index contributed by atoms with van der Waals surface area (Å²) in [5, 5.41) is 0. The van der Waals surface area contributed by atoms with Crippen LogP contribution in [-0.2, 0) is 12.8 Å². The molecular weight excluding hydrogens is 464 g/mol. The van der Waals surface area contributed by atoms with Gasteiger partial charge in [0.05, 0.1) is 5.69 Å². The molecule has 1 aliphatic heterocycles. The van der Waals surface area contributed by atoms with Crippen LogP contribution in [0.25, 0.3) is 5.57 Å². The molecular formula is C27H25BrN2O2. The van der Waals surface area contributed by atoms with Crippen LogP contribution < -0.4 is 4.74 Å². The van der Waals surface area contributed by atoms with Crippen LogP contribution in [0.15, 0.2) is 70.8 Å². The molecule has 162 valence electrons. The van der Waals surface area contributed by atoms with Crippen LogP contribution in [0.3, 0.4) is 0 Å². The van der Waals surface area contributed by atoms with E-state index in [2.05, 4.69) is 47.1 Å². The third kappa shape index (κ3) is 4.22. The minimum atomic E-state index is -0.285. The van der Waals surface area contributed by atoms with Crippen molar-refractivity contribution in [2.24, 2.45) is 0 Å². The summed E-state index contributed by atoms with van der Waals surface area (Å²) >= 11 is 3.40. The zero-order valence-corrected chi connectivity index (χ0v) is 19.7. The van der Waals surface area contributed by atoms with Gasteiger partial charge in [-0.15, -0.1) is 0 Å². The van der Waals surface area contributed by atoms with E-state index in [1.165, 1.54) is 33.4 Å². The van der Waals surface area contributed by atoms with E-state index >= 15 is 0 Å². The zero-order chi connectivity index (χ0) is 22.1. The second kappa shape index (κ2) is 8.91. The Balaban J connectivity index is 1.42. The van der Waals surface area contributed by atoms with Crippen LogP contribution >= 0.6 is 15.9 Å². The van der Waals surface area contributed by atoms with Crippen molar-refractivity contribution in [1.29, 1.82) is 0 Å². The van der Waals surface area contributed by atoms with E-state index in [0.29, 0.717) is 18.8 Å². The number of fused-ring (bicyclic) bond motifs is 2. The molecule has 1 aliphatic carbocycles. The number of halogens is 1. The first kappa shape index (κ1) is 21.0. The number of benzene rings is 2. The summed E-state index contributed by atoms with van der Waals surface area (Å²) in [7, 11) is 0. The van der Waals surface area contributed by atoms with Crippen LogP contribution in [0.5, 0.6) is 5.75 Å². The molecule has 1 fully saturated rings. The molecule has 1 saturated heterocycles. The molecule has 1 aromatic heterocycles. The molecule has 0 saturated carbocycles. The Hall–Kier alpha value is -2.92. The number of carbonyl (C=O) groups is 1. The molecule has 0 unspecified atom stereocenters. The van der Waals surface area contributed by atoms with Crippen molar-refractivity contribution in [3.8, 4) is 5.75 Å². The maximum Gasteiger partial charge on any atom is 0.415 e. The molecule has 5 heteroatoms. The van der Waals surface area contributed by atoms with Gasteiger partial charge in [-0.3, -0.25) is 4.98 Å². The second-order valence-corrected chi connectivity index (χ2v) is 9.37. The topological polar surface area (TPSA) is 42.4 Å². The first-order valence-electron chi connectivity index (χ1n) is 11.1. The van der Waals surface area contributed by atoms with E-state index in [-0.39, 0.29) is 6.09 Å². The van der Waals surface area contributed by atoms with E-state index < -0.39 is 0 Å². The van der Waals surface area contributed by atoms with E-state index in [1.807, 2.05) is 24.4 Å². The molecule has 0 spiro atoms. The highest BCUT2D eigenvalue weighted by atomic mass is 79.9. The predicted molar refractivity (Wildman–Crippen MR) is 130 cm³/mol. The highest BCUT2D eigenvalue weighted by Gasteiger charge is 2.27. The fourth-order valence-corrected chi connectivity index (χ4v) is 4.94. The van der Waals surface area contributed by atoms with Gasteiger partial charge in [0.1, 0.15) is 5.75 Å². The fourth-order valence-electron chi connectivity index (χ4n) is 4.67. The Morgan fingerprint density at radius 2 is 1.72 bits per heavy atom. The van der Waals surface area contributed by atoms with Gasteiger partial charge < -0.3 is 9.64 Å². The molecule has 0 radical (unpaired) electrons. The van der Waals surface area contributed by atoms with Gasteiger partial charge in [0, 0.05) is 29.3 Å². The van der Waals surface area contributed by atoms with Crippen molar-refractivity contribution in [1.82, 2.24) is 9.88 Å². The fraction of sp³-hybridized carbons (Fsp3) is 0.259. The number of pyridine rings is 1. The van der Waals surface area contributed by atoms with Crippen LogP contribution in [0.4, 0.5) is 4.79 Å². The molecule has 2 aromatic carbocycles. The first-order chi connectivity index (χ1) is 15.6. The van der Waals surface area contributed by atoms with E-state index in [0.717, 1.165) is 35.8 Å². The van der Waals surface area contributed by atoms with Crippen molar-refractivity contribution >= 4 is 27.6 Å². The summed E-state index contributed by atoms with van der Waals surface area (Å²) in [4.78, 5) is 19.3. The molecule has 2 aliphatic rings. The van der Waals surface area contributed by atoms with Gasteiger partial charge in [-0.25, -0.2) is 4.79 Å². The molecule has 4 nitrogen and oxygen atoms in total. The van der Waals surface area contributed by atoms with Crippen LogP contribution in [0.1, 0.15) is 40.8 Å². The Kier molecular flexibility index (Phi) is 5.83. The third-order valence-corrected chi connectivity index (χ3v) is 6.85. The van der Waals surface area contributed by atoms with Gasteiger partial charge in [-0.2, -0.15) is 0 Å². The lowest BCUT2D eigenvalue weighted by Crippen LogP contribution is -2.38. The van der Waals surface area contributed by atoms with Crippen molar-refractivity contribution in [3.05, 3.63) is 98.8 Å². The lowest BCUT2D eigenvalue weighted by Gasteiger charge is -2.29. The largest absolute Gasteiger partial charge is 0.415 e. The molecule has 32 heavy (non-hydrogen) atoms. The monoisotopic (exact) mass is 488 g/mol. The standard InChI is InChI=1S/C27H25BrN2O2/c1-18-4-11-24-21(17-18)6-5-20-3-2-14-29-26(20)25(24)19-12-15-30(16-13-19)27(31)32-23-9-7-22(28)8-10-23/h2-4,7-11,14,17H,5-6,12-13,15-16H2,1H3. The summed E-state index contributed by atoms with van der Waals surface area (Å²) in [6.45, 7) is 3.45. The number of nitrogens with zero attached hydrogens (tertiary/aromatic N) is 2. The van der Waals surface area contributed by atoms with Gasteiger partial charge in [0.15, 0.2) is 0 Å². The van der Waals surface area contributed by atoms with Crippen molar-refractivity contribution in [3.63, 3.8) is 0 Å². The van der Waals surface area contributed by atoms with Gasteiger partial charge in [-0.1, -0.05) is 51.3 Å². The van der Waals surface area contributed by atoms with E-state index in [9.17, 15) is 4.79 Å². The molecule has 0 N–H and O–H groups in total. The number of carbonyl (C=O) groups excluding carboxylic acids is 1. The van der Waals surface area contributed by atoms with Gasteiger partial charge in [-0.05, 0) is 79.6 Å². The highest BCUT2D eigenvalue weighted by molar-refractivity contribution is 9.10. The number of amides is 1. The summed E-state index contributed by atoms with van der Waals surface area (Å²) < 4.78 is 6.53. The van der Waals surface area contributed by atoms with Crippen molar-refractivity contribution in [2.45, 2.75) is 32.6 Å². The number of hydrogen-bond acceptors (Lipinski definition) is 3. The van der Waals surface area contributed by atoms with Crippen LogP contribution in [-0.4, -0.2) is 29.1 Å². The van der Waals surface area contributed by atoms with Gasteiger partial charge >= 0.3 is 6.09 Å². The lowest BCUT2D eigenvalue weighted by atomic mass is 9.88. The minimum Gasteiger partial charge on any atom is -0.410 e. The quantitative estimate of drug-likeness (QED) is 0.400. The van der Waals surface area contributed by atoms with E-state index in [1.54, 1.807) is 17.0 Å². The van der Waals surface area contributed by atoms with Gasteiger partial charge in [0.2, 0.25) is 0 Å².